The Morgan fingerprint density at radius 2 is 1.84 bits per heavy atom. The van der Waals surface area contributed by atoms with Crippen molar-refractivity contribution < 1.29 is 14.2 Å². The molecule has 4 nitrogen and oxygen atoms in total. The molecule has 0 spiro atoms. The van der Waals surface area contributed by atoms with Gasteiger partial charge in [-0.25, -0.2) is 0 Å². The Morgan fingerprint density at radius 3 is 2.32 bits per heavy atom. The number of benzene rings is 1. The van der Waals surface area contributed by atoms with E-state index in [0.717, 1.165) is 24.9 Å². The molecule has 106 valence electrons. The minimum Gasteiger partial charge on any atom is -0.495 e. The van der Waals surface area contributed by atoms with Crippen LogP contribution in [0.15, 0.2) is 6.07 Å². The minimum absolute atomic E-state index is 0.144. The average molecular weight is 286 g/mol. The Balaban J connectivity index is 2.63. The van der Waals surface area contributed by atoms with Gasteiger partial charge in [-0.05, 0) is 32.4 Å². The molecule has 1 unspecified atom stereocenters. The van der Waals surface area contributed by atoms with Crippen LogP contribution in [0.3, 0.4) is 0 Å². The molecule has 1 fully saturated rings. The van der Waals surface area contributed by atoms with Gasteiger partial charge >= 0.3 is 0 Å². The first-order chi connectivity index (χ1) is 9.07. The van der Waals surface area contributed by atoms with Crippen LogP contribution in [0.5, 0.6) is 17.2 Å². The lowest BCUT2D eigenvalue weighted by atomic mass is 9.89. The van der Waals surface area contributed by atoms with E-state index in [1.807, 2.05) is 6.07 Å². The topological polar surface area (TPSA) is 39.7 Å². The van der Waals surface area contributed by atoms with Crippen molar-refractivity contribution in [3.8, 4) is 17.2 Å². The van der Waals surface area contributed by atoms with Crippen LogP contribution in [0.2, 0.25) is 5.02 Å². The van der Waals surface area contributed by atoms with Gasteiger partial charge in [0.25, 0.3) is 0 Å². The van der Waals surface area contributed by atoms with Crippen molar-refractivity contribution in [3.63, 3.8) is 0 Å². The van der Waals surface area contributed by atoms with E-state index in [0.29, 0.717) is 22.3 Å². The molecule has 1 aromatic rings. The highest BCUT2D eigenvalue weighted by atomic mass is 35.5. The zero-order valence-electron chi connectivity index (χ0n) is 11.8. The standard InChI is InChI=1S/C14H20ClNO3/c1-14(6-5-7-16-14)9-8-10(17-2)13(19-4)11(15)12(9)18-3/h8,16H,5-7H2,1-4H3. The summed E-state index contributed by atoms with van der Waals surface area (Å²) in [6.07, 6.45) is 2.17. The Kier molecular flexibility index (Phi) is 4.11. The molecule has 1 aliphatic rings. The fraction of sp³-hybridized carbons (Fsp3) is 0.571. The molecule has 1 saturated heterocycles. The molecular formula is C14H20ClNO3. The van der Waals surface area contributed by atoms with Gasteiger partial charge in [0, 0.05) is 11.1 Å². The van der Waals surface area contributed by atoms with Gasteiger partial charge in [0.2, 0.25) is 0 Å². The third-order valence-corrected chi connectivity index (χ3v) is 4.08. The van der Waals surface area contributed by atoms with E-state index in [2.05, 4.69) is 12.2 Å². The Bertz CT molecular complexity index is 470. The van der Waals surface area contributed by atoms with Gasteiger partial charge in [0.1, 0.15) is 10.8 Å². The molecular weight excluding hydrogens is 266 g/mol. The molecule has 2 rings (SSSR count). The van der Waals surface area contributed by atoms with Gasteiger partial charge in [0.15, 0.2) is 11.5 Å². The predicted molar refractivity (Wildman–Crippen MR) is 75.7 cm³/mol. The van der Waals surface area contributed by atoms with E-state index in [4.69, 9.17) is 25.8 Å². The maximum Gasteiger partial charge on any atom is 0.183 e. The van der Waals surface area contributed by atoms with Gasteiger partial charge in [-0.2, -0.15) is 0 Å². The Morgan fingerprint density at radius 1 is 1.16 bits per heavy atom. The van der Waals surface area contributed by atoms with Crippen LogP contribution in [0.4, 0.5) is 0 Å². The highest BCUT2D eigenvalue weighted by Gasteiger charge is 2.35. The second-order valence-electron chi connectivity index (χ2n) is 4.87. The van der Waals surface area contributed by atoms with Gasteiger partial charge in [-0.3, -0.25) is 0 Å². The highest BCUT2D eigenvalue weighted by Crippen LogP contribution is 2.48. The molecule has 0 bridgehead atoms. The van der Waals surface area contributed by atoms with Gasteiger partial charge in [0.05, 0.1) is 21.3 Å². The molecule has 0 aromatic heterocycles. The summed E-state index contributed by atoms with van der Waals surface area (Å²) in [6, 6.07) is 1.95. The van der Waals surface area contributed by atoms with E-state index < -0.39 is 0 Å². The highest BCUT2D eigenvalue weighted by molar-refractivity contribution is 6.34. The molecule has 1 heterocycles. The second-order valence-corrected chi connectivity index (χ2v) is 5.25. The number of hydrogen-bond acceptors (Lipinski definition) is 4. The summed E-state index contributed by atoms with van der Waals surface area (Å²) >= 11 is 6.38. The summed E-state index contributed by atoms with van der Waals surface area (Å²) in [5.74, 6) is 1.78. The number of methoxy groups -OCH3 is 3. The van der Waals surface area contributed by atoms with Crippen molar-refractivity contribution in [3.05, 3.63) is 16.7 Å². The Labute approximate surface area is 119 Å². The maximum absolute atomic E-state index is 6.38. The van der Waals surface area contributed by atoms with Crippen molar-refractivity contribution in [1.82, 2.24) is 5.32 Å². The van der Waals surface area contributed by atoms with Crippen molar-refractivity contribution in [1.29, 1.82) is 0 Å². The van der Waals surface area contributed by atoms with Crippen molar-refractivity contribution in [2.24, 2.45) is 0 Å². The lowest BCUT2D eigenvalue weighted by molar-refractivity contribution is 0.337. The van der Waals surface area contributed by atoms with Crippen LogP contribution < -0.4 is 19.5 Å². The van der Waals surface area contributed by atoms with Crippen LogP contribution in [0.1, 0.15) is 25.3 Å². The first kappa shape index (κ1) is 14.3. The van der Waals surface area contributed by atoms with Gasteiger partial charge in [-0.1, -0.05) is 11.6 Å². The molecule has 1 N–H and O–H groups in total. The number of hydrogen-bond donors (Lipinski definition) is 1. The summed E-state index contributed by atoms with van der Waals surface area (Å²) in [6.45, 7) is 3.14. The van der Waals surface area contributed by atoms with E-state index in [9.17, 15) is 0 Å². The Hall–Kier alpha value is -1.13. The molecule has 1 atom stereocenters. The van der Waals surface area contributed by atoms with Crippen LogP contribution in [0, 0.1) is 0 Å². The average Bonchev–Trinajstić information content (AvgIpc) is 2.85. The summed E-state index contributed by atoms with van der Waals surface area (Å²) in [7, 11) is 4.79. The summed E-state index contributed by atoms with van der Waals surface area (Å²) in [4.78, 5) is 0. The van der Waals surface area contributed by atoms with E-state index in [-0.39, 0.29) is 5.54 Å². The number of rotatable bonds is 4. The lowest BCUT2D eigenvalue weighted by Gasteiger charge is -2.28. The molecule has 0 saturated carbocycles. The molecule has 19 heavy (non-hydrogen) atoms. The van der Waals surface area contributed by atoms with Crippen LogP contribution in [-0.2, 0) is 5.54 Å². The largest absolute Gasteiger partial charge is 0.495 e. The van der Waals surface area contributed by atoms with Crippen molar-refractivity contribution in [2.75, 3.05) is 27.9 Å². The predicted octanol–water partition coefficient (Wildman–Crippen LogP) is 2.96. The fourth-order valence-electron chi connectivity index (χ4n) is 2.67. The smallest absolute Gasteiger partial charge is 0.183 e. The number of ether oxygens (including phenoxy) is 3. The molecule has 0 aliphatic carbocycles. The van der Waals surface area contributed by atoms with Crippen molar-refractivity contribution in [2.45, 2.75) is 25.3 Å². The lowest BCUT2D eigenvalue weighted by Crippen LogP contribution is -2.33. The van der Waals surface area contributed by atoms with E-state index in [1.165, 1.54) is 0 Å². The normalized spacial score (nSPS) is 22.4. The van der Waals surface area contributed by atoms with Crippen LogP contribution in [-0.4, -0.2) is 27.9 Å². The second kappa shape index (κ2) is 5.47. The number of nitrogens with one attached hydrogen (secondary N) is 1. The van der Waals surface area contributed by atoms with Crippen molar-refractivity contribution >= 4 is 11.6 Å². The van der Waals surface area contributed by atoms with Crippen LogP contribution >= 0.6 is 11.6 Å². The number of halogens is 1. The summed E-state index contributed by atoms with van der Waals surface area (Å²) in [5, 5.41) is 3.96. The van der Waals surface area contributed by atoms with E-state index in [1.54, 1.807) is 21.3 Å². The third-order valence-electron chi connectivity index (χ3n) is 3.73. The SMILES string of the molecule is COc1cc(C2(C)CCCN2)c(OC)c(Cl)c1OC. The zero-order chi connectivity index (χ0) is 14.0. The third kappa shape index (κ3) is 2.35. The minimum atomic E-state index is -0.144. The maximum atomic E-state index is 6.38. The summed E-state index contributed by atoms with van der Waals surface area (Å²) < 4.78 is 16.2. The summed E-state index contributed by atoms with van der Waals surface area (Å²) in [5.41, 5.74) is 0.865. The first-order valence-corrected chi connectivity index (χ1v) is 6.69. The van der Waals surface area contributed by atoms with Gasteiger partial charge in [-0.15, -0.1) is 0 Å². The molecule has 1 aromatic carbocycles. The fourth-order valence-corrected chi connectivity index (χ4v) is 3.02. The molecule has 0 amide bonds. The molecule has 0 radical (unpaired) electrons. The quantitative estimate of drug-likeness (QED) is 0.923. The molecule has 1 aliphatic heterocycles. The van der Waals surface area contributed by atoms with E-state index >= 15 is 0 Å². The molecule has 5 heteroatoms. The monoisotopic (exact) mass is 285 g/mol. The first-order valence-electron chi connectivity index (χ1n) is 6.31. The van der Waals surface area contributed by atoms with Crippen LogP contribution in [0.25, 0.3) is 0 Å². The van der Waals surface area contributed by atoms with Gasteiger partial charge < -0.3 is 19.5 Å². The zero-order valence-corrected chi connectivity index (χ0v) is 12.6.